The molecule has 2 aliphatic rings. The monoisotopic (exact) mass is 256 g/mol. The fourth-order valence-electron chi connectivity index (χ4n) is 2.83. The number of hydrogen-bond donors (Lipinski definition) is 0. The number of benzene rings is 1. The lowest BCUT2D eigenvalue weighted by Crippen LogP contribution is -2.35. The number of esters is 2. The van der Waals surface area contributed by atoms with E-state index in [2.05, 4.69) is 11.3 Å². The van der Waals surface area contributed by atoms with Crippen molar-refractivity contribution in [2.24, 2.45) is 11.8 Å². The molecule has 1 heterocycles. The van der Waals surface area contributed by atoms with E-state index in [1.165, 1.54) is 0 Å². The molecule has 1 aliphatic heterocycles. The van der Waals surface area contributed by atoms with Gasteiger partial charge in [-0.25, -0.2) is 0 Å². The minimum atomic E-state index is -0.608. The Hall–Kier alpha value is -2.23. The Morgan fingerprint density at radius 1 is 1.11 bits per heavy atom. The fraction of sp³-hybridized carbons (Fsp3) is 0.267. The van der Waals surface area contributed by atoms with Crippen LogP contribution < -0.4 is 0 Å². The SMILES string of the molecule is C=C1c2ccccc2C(=O)C1C1CCC(=O)OC1=O. The maximum atomic E-state index is 12.4. The van der Waals surface area contributed by atoms with Crippen LogP contribution in [-0.2, 0) is 14.3 Å². The van der Waals surface area contributed by atoms with Crippen LogP contribution in [0.5, 0.6) is 0 Å². The smallest absolute Gasteiger partial charge is 0.317 e. The second-order valence-corrected chi connectivity index (χ2v) is 4.85. The third-order valence-corrected chi connectivity index (χ3v) is 3.78. The predicted molar refractivity (Wildman–Crippen MR) is 67.1 cm³/mol. The molecule has 2 atom stereocenters. The molecule has 0 saturated carbocycles. The molecule has 0 radical (unpaired) electrons. The average Bonchev–Trinajstić information content (AvgIpc) is 2.64. The quantitative estimate of drug-likeness (QED) is 0.569. The Morgan fingerprint density at radius 2 is 1.79 bits per heavy atom. The highest BCUT2D eigenvalue weighted by molar-refractivity contribution is 6.15. The molecule has 1 aromatic rings. The topological polar surface area (TPSA) is 60.4 Å². The van der Waals surface area contributed by atoms with Crippen LogP contribution in [0.1, 0.15) is 28.8 Å². The number of ketones is 1. The van der Waals surface area contributed by atoms with Gasteiger partial charge in [0.1, 0.15) is 0 Å². The molecule has 3 rings (SSSR count). The molecule has 19 heavy (non-hydrogen) atoms. The zero-order valence-electron chi connectivity index (χ0n) is 10.2. The van der Waals surface area contributed by atoms with Crippen molar-refractivity contribution < 1.29 is 19.1 Å². The third-order valence-electron chi connectivity index (χ3n) is 3.78. The van der Waals surface area contributed by atoms with E-state index in [0.717, 1.165) is 5.56 Å². The number of cyclic esters (lactones) is 2. The maximum Gasteiger partial charge on any atom is 0.317 e. The number of fused-ring (bicyclic) bond motifs is 1. The largest absolute Gasteiger partial charge is 0.393 e. The van der Waals surface area contributed by atoms with Gasteiger partial charge in [0.05, 0.1) is 11.8 Å². The van der Waals surface area contributed by atoms with Crippen LogP contribution in [-0.4, -0.2) is 17.7 Å². The van der Waals surface area contributed by atoms with Crippen LogP contribution in [0, 0.1) is 11.8 Å². The minimum absolute atomic E-state index is 0.100. The molecular formula is C15H12O4. The van der Waals surface area contributed by atoms with Gasteiger partial charge in [-0.1, -0.05) is 30.8 Å². The third kappa shape index (κ3) is 1.71. The Balaban J connectivity index is 1.96. The molecular weight excluding hydrogens is 244 g/mol. The van der Waals surface area contributed by atoms with E-state index in [0.29, 0.717) is 17.6 Å². The van der Waals surface area contributed by atoms with Gasteiger partial charge < -0.3 is 4.74 Å². The van der Waals surface area contributed by atoms with Gasteiger partial charge in [0.2, 0.25) is 0 Å². The first kappa shape index (κ1) is 11.8. The second kappa shape index (κ2) is 4.16. The Morgan fingerprint density at radius 3 is 2.42 bits per heavy atom. The molecule has 1 fully saturated rings. The number of rotatable bonds is 1. The Bertz CT molecular complexity index is 579. The van der Waals surface area contributed by atoms with Crippen LogP contribution in [0.25, 0.3) is 5.57 Å². The highest BCUT2D eigenvalue weighted by Gasteiger charge is 2.45. The van der Waals surface area contributed by atoms with Gasteiger partial charge in [-0.2, -0.15) is 0 Å². The number of carbonyl (C=O) groups excluding carboxylic acids is 3. The van der Waals surface area contributed by atoms with Crippen LogP contribution >= 0.6 is 0 Å². The van der Waals surface area contributed by atoms with E-state index in [4.69, 9.17) is 0 Å². The molecule has 0 bridgehead atoms. The summed E-state index contributed by atoms with van der Waals surface area (Å²) in [7, 11) is 0. The van der Waals surface area contributed by atoms with Gasteiger partial charge in [0.25, 0.3) is 0 Å². The van der Waals surface area contributed by atoms with Crippen molar-refractivity contribution in [3.63, 3.8) is 0 Å². The lowest BCUT2D eigenvalue weighted by molar-refractivity contribution is -0.168. The van der Waals surface area contributed by atoms with Gasteiger partial charge in [-0.15, -0.1) is 0 Å². The van der Waals surface area contributed by atoms with E-state index in [9.17, 15) is 14.4 Å². The predicted octanol–water partition coefficient (Wildman–Crippen LogP) is 1.99. The van der Waals surface area contributed by atoms with E-state index in [1.54, 1.807) is 12.1 Å². The van der Waals surface area contributed by atoms with Crippen molar-refractivity contribution in [2.45, 2.75) is 12.8 Å². The first-order chi connectivity index (χ1) is 9.09. The highest BCUT2D eigenvalue weighted by Crippen LogP contribution is 2.42. The molecule has 0 N–H and O–H groups in total. The average molecular weight is 256 g/mol. The molecule has 0 aromatic heterocycles. The van der Waals surface area contributed by atoms with Crippen LogP contribution in [0.2, 0.25) is 0 Å². The first-order valence-corrected chi connectivity index (χ1v) is 6.16. The summed E-state index contributed by atoms with van der Waals surface area (Å²) in [5.41, 5.74) is 2.04. The molecule has 1 aliphatic carbocycles. The molecule has 4 nitrogen and oxygen atoms in total. The van der Waals surface area contributed by atoms with Crippen molar-refractivity contribution in [3.05, 3.63) is 42.0 Å². The molecule has 2 unspecified atom stereocenters. The molecule has 1 saturated heterocycles. The minimum Gasteiger partial charge on any atom is -0.393 e. The summed E-state index contributed by atoms with van der Waals surface area (Å²) in [6.07, 6.45) is 0.519. The van der Waals surface area contributed by atoms with Crippen LogP contribution in [0.3, 0.4) is 0 Å². The van der Waals surface area contributed by atoms with Crippen molar-refractivity contribution in [3.8, 4) is 0 Å². The van der Waals surface area contributed by atoms with E-state index < -0.39 is 23.8 Å². The number of ether oxygens (including phenoxy) is 1. The van der Waals surface area contributed by atoms with Crippen molar-refractivity contribution in [1.29, 1.82) is 0 Å². The number of Topliss-reactive ketones (excluding diaryl/α,β-unsaturated/α-hetero) is 1. The lowest BCUT2D eigenvalue weighted by atomic mass is 9.82. The van der Waals surface area contributed by atoms with Gasteiger partial charge in [-0.3, -0.25) is 14.4 Å². The molecule has 4 heteroatoms. The summed E-state index contributed by atoms with van der Waals surface area (Å²) in [5.74, 6) is -2.40. The molecule has 1 aromatic carbocycles. The highest BCUT2D eigenvalue weighted by atomic mass is 16.6. The summed E-state index contributed by atoms with van der Waals surface area (Å²) >= 11 is 0. The number of carbonyl (C=O) groups is 3. The van der Waals surface area contributed by atoms with Gasteiger partial charge >= 0.3 is 11.9 Å². The van der Waals surface area contributed by atoms with E-state index >= 15 is 0 Å². The van der Waals surface area contributed by atoms with E-state index in [1.807, 2.05) is 12.1 Å². The zero-order chi connectivity index (χ0) is 13.6. The summed E-state index contributed by atoms with van der Waals surface area (Å²) < 4.78 is 4.64. The molecule has 0 amide bonds. The summed E-state index contributed by atoms with van der Waals surface area (Å²) in [6.45, 7) is 3.94. The van der Waals surface area contributed by atoms with E-state index in [-0.39, 0.29) is 12.2 Å². The Labute approximate surface area is 110 Å². The molecule has 96 valence electrons. The fourth-order valence-corrected chi connectivity index (χ4v) is 2.83. The van der Waals surface area contributed by atoms with Gasteiger partial charge in [-0.05, 0) is 17.6 Å². The summed E-state index contributed by atoms with van der Waals surface area (Å²) in [4.78, 5) is 35.2. The summed E-state index contributed by atoms with van der Waals surface area (Å²) in [6, 6.07) is 7.19. The number of hydrogen-bond acceptors (Lipinski definition) is 4. The normalized spacial score (nSPS) is 26.3. The maximum absolute atomic E-state index is 12.4. The standard InChI is InChI=1S/C15H12O4/c1-8-9-4-2-3-5-10(9)14(17)13(8)11-6-7-12(16)19-15(11)18/h2-5,11,13H,1,6-7H2. The van der Waals surface area contributed by atoms with Gasteiger partial charge in [0.15, 0.2) is 5.78 Å². The van der Waals surface area contributed by atoms with Gasteiger partial charge in [0, 0.05) is 12.0 Å². The zero-order valence-corrected chi connectivity index (χ0v) is 10.2. The Kier molecular flexibility index (Phi) is 2.59. The summed E-state index contributed by atoms with van der Waals surface area (Å²) in [5, 5.41) is 0. The first-order valence-electron chi connectivity index (χ1n) is 6.16. The lowest BCUT2D eigenvalue weighted by Gasteiger charge is -2.24. The van der Waals surface area contributed by atoms with Crippen molar-refractivity contribution >= 4 is 23.3 Å². The van der Waals surface area contributed by atoms with Crippen molar-refractivity contribution in [2.75, 3.05) is 0 Å². The molecule has 0 spiro atoms. The number of allylic oxidation sites excluding steroid dienone is 1. The van der Waals surface area contributed by atoms with Crippen molar-refractivity contribution in [1.82, 2.24) is 0 Å². The second-order valence-electron chi connectivity index (χ2n) is 4.85. The van der Waals surface area contributed by atoms with Crippen LogP contribution in [0.15, 0.2) is 30.8 Å². The van der Waals surface area contributed by atoms with Crippen LogP contribution in [0.4, 0.5) is 0 Å².